The Morgan fingerprint density at radius 3 is 2.21 bits per heavy atom. The minimum Gasteiger partial charge on any atom is -0.494 e. The topological polar surface area (TPSA) is 108 Å². The van der Waals surface area contributed by atoms with Gasteiger partial charge in [-0.15, -0.1) is 0 Å². The van der Waals surface area contributed by atoms with Crippen LogP contribution in [-0.2, 0) is 16.1 Å². The molecule has 2 aromatic rings. The molecule has 0 saturated heterocycles. The molecule has 1 atom stereocenters. The van der Waals surface area contributed by atoms with Crippen LogP contribution < -0.4 is 10.1 Å². The standard InChI is InChI=1S/C21H24N2O6/c1-4-28-18-11-7-16(8-12-18)20(24)22-19(14(2)3)21(25)29-13-15-5-9-17(10-6-15)23(26)27/h5-12,14,19H,4,13H2,1-3H3,(H,22,24)/t19-/m0/s1. The second-order valence-corrected chi connectivity index (χ2v) is 6.68. The molecule has 0 aliphatic carbocycles. The van der Waals surface area contributed by atoms with Crippen molar-refractivity contribution < 1.29 is 24.0 Å². The van der Waals surface area contributed by atoms with Crippen molar-refractivity contribution in [3.05, 3.63) is 69.8 Å². The summed E-state index contributed by atoms with van der Waals surface area (Å²) in [5.74, 6) is -0.491. The molecule has 29 heavy (non-hydrogen) atoms. The maximum absolute atomic E-state index is 12.5. The van der Waals surface area contributed by atoms with Crippen LogP contribution >= 0.6 is 0 Å². The molecule has 1 amide bonds. The number of benzene rings is 2. The number of nitro groups is 1. The van der Waals surface area contributed by atoms with Gasteiger partial charge in [0, 0.05) is 17.7 Å². The third-order valence-corrected chi connectivity index (χ3v) is 4.16. The average molecular weight is 400 g/mol. The largest absolute Gasteiger partial charge is 0.494 e. The molecular weight excluding hydrogens is 376 g/mol. The van der Waals surface area contributed by atoms with Gasteiger partial charge in [0.25, 0.3) is 11.6 Å². The van der Waals surface area contributed by atoms with E-state index in [2.05, 4.69) is 5.32 Å². The van der Waals surface area contributed by atoms with Crippen molar-refractivity contribution in [1.29, 1.82) is 0 Å². The summed E-state index contributed by atoms with van der Waals surface area (Å²) in [5, 5.41) is 13.4. The van der Waals surface area contributed by atoms with E-state index in [-0.39, 0.29) is 24.1 Å². The lowest BCUT2D eigenvalue weighted by Crippen LogP contribution is -2.45. The van der Waals surface area contributed by atoms with Crippen molar-refractivity contribution in [3.8, 4) is 5.75 Å². The molecule has 0 radical (unpaired) electrons. The second-order valence-electron chi connectivity index (χ2n) is 6.68. The van der Waals surface area contributed by atoms with E-state index in [1.807, 2.05) is 6.92 Å². The number of nitrogens with one attached hydrogen (secondary N) is 1. The van der Waals surface area contributed by atoms with Crippen LogP contribution in [0.5, 0.6) is 5.75 Å². The average Bonchev–Trinajstić information content (AvgIpc) is 2.71. The minimum absolute atomic E-state index is 0.0391. The van der Waals surface area contributed by atoms with Crippen LogP contribution in [0.4, 0.5) is 5.69 Å². The van der Waals surface area contributed by atoms with Gasteiger partial charge in [-0.25, -0.2) is 4.79 Å². The number of non-ortho nitro benzene ring substituents is 1. The highest BCUT2D eigenvalue weighted by atomic mass is 16.6. The number of esters is 1. The Morgan fingerprint density at radius 2 is 1.69 bits per heavy atom. The molecular formula is C21H24N2O6. The van der Waals surface area contributed by atoms with Crippen molar-refractivity contribution in [2.45, 2.75) is 33.4 Å². The minimum atomic E-state index is -0.827. The Bertz CT molecular complexity index is 846. The van der Waals surface area contributed by atoms with Crippen molar-refractivity contribution in [2.75, 3.05) is 6.61 Å². The Hall–Kier alpha value is -3.42. The maximum Gasteiger partial charge on any atom is 0.329 e. The molecule has 0 aromatic heterocycles. The number of hydrogen-bond donors (Lipinski definition) is 1. The van der Waals surface area contributed by atoms with Gasteiger partial charge in [-0.05, 0) is 54.8 Å². The van der Waals surface area contributed by atoms with Gasteiger partial charge in [-0.3, -0.25) is 14.9 Å². The number of carbonyl (C=O) groups is 2. The quantitative estimate of drug-likeness (QED) is 0.392. The van der Waals surface area contributed by atoms with E-state index in [0.29, 0.717) is 23.5 Å². The Morgan fingerprint density at radius 1 is 1.07 bits per heavy atom. The second kappa shape index (κ2) is 10.2. The number of carbonyl (C=O) groups excluding carboxylic acids is 2. The Kier molecular flexibility index (Phi) is 7.70. The lowest BCUT2D eigenvalue weighted by molar-refractivity contribution is -0.384. The first-order valence-corrected chi connectivity index (χ1v) is 9.25. The molecule has 0 bridgehead atoms. The zero-order valence-electron chi connectivity index (χ0n) is 16.6. The SMILES string of the molecule is CCOc1ccc(C(=O)N[C@H](C(=O)OCc2ccc([N+](=O)[O-])cc2)C(C)C)cc1. The number of nitrogens with zero attached hydrogens (tertiary/aromatic N) is 1. The Balaban J connectivity index is 1.97. The molecule has 2 aromatic carbocycles. The van der Waals surface area contributed by atoms with Gasteiger partial charge >= 0.3 is 5.97 Å². The molecule has 154 valence electrons. The maximum atomic E-state index is 12.5. The highest BCUT2D eigenvalue weighted by Gasteiger charge is 2.26. The summed E-state index contributed by atoms with van der Waals surface area (Å²) in [6, 6.07) is 11.5. The number of ether oxygens (including phenoxy) is 2. The van der Waals surface area contributed by atoms with Crippen molar-refractivity contribution >= 4 is 17.6 Å². The van der Waals surface area contributed by atoms with Crippen LogP contribution in [0.2, 0.25) is 0 Å². The number of rotatable bonds is 9. The highest BCUT2D eigenvalue weighted by Crippen LogP contribution is 2.15. The van der Waals surface area contributed by atoms with Crippen LogP contribution in [0.1, 0.15) is 36.7 Å². The van der Waals surface area contributed by atoms with Crippen LogP contribution in [0.3, 0.4) is 0 Å². The van der Waals surface area contributed by atoms with Crippen LogP contribution in [-0.4, -0.2) is 29.4 Å². The van der Waals surface area contributed by atoms with E-state index in [0.717, 1.165) is 0 Å². The predicted octanol–water partition coefficient (Wildman–Crippen LogP) is 3.49. The third-order valence-electron chi connectivity index (χ3n) is 4.16. The first-order valence-electron chi connectivity index (χ1n) is 9.25. The molecule has 1 N–H and O–H groups in total. The van der Waals surface area contributed by atoms with E-state index in [1.165, 1.54) is 24.3 Å². The normalized spacial score (nSPS) is 11.6. The van der Waals surface area contributed by atoms with E-state index in [9.17, 15) is 19.7 Å². The van der Waals surface area contributed by atoms with Gasteiger partial charge in [0.05, 0.1) is 11.5 Å². The van der Waals surface area contributed by atoms with Gasteiger partial charge in [0.1, 0.15) is 18.4 Å². The summed E-state index contributed by atoms with van der Waals surface area (Å²) >= 11 is 0. The lowest BCUT2D eigenvalue weighted by atomic mass is 10.0. The van der Waals surface area contributed by atoms with Gasteiger partial charge in [-0.1, -0.05) is 13.8 Å². The number of nitro benzene ring substituents is 1. The van der Waals surface area contributed by atoms with E-state index >= 15 is 0 Å². The summed E-state index contributed by atoms with van der Waals surface area (Å²) in [4.78, 5) is 35.1. The molecule has 8 heteroatoms. The summed E-state index contributed by atoms with van der Waals surface area (Å²) < 4.78 is 10.6. The summed E-state index contributed by atoms with van der Waals surface area (Å²) in [7, 11) is 0. The van der Waals surface area contributed by atoms with Crippen LogP contribution in [0.25, 0.3) is 0 Å². The molecule has 0 unspecified atom stereocenters. The molecule has 0 heterocycles. The fourth-order valence-corrected chi connectivity index (χ4v) is 2.55. The molecule has 0 saturated carbocycles. The molecule has 0 fully saturated rings. The zero-order valence-corrected chi connectivity index (χ0v) is 16.6. The van der Waals surface area contributed by atoms with Crippen molar-refractivity contribution in [3.63, 3.8) is 0 Å². The molecule has 0 aliphatic rings. The summed E-state index contributed by atoms with van der Waals surface area (Å²) in [6.07, 6.45) is 0. The van der Waals surface area contributed by atoms with E-state index < -0.39 is 16.9 Å². The third kappa shape index (κ3) is 6.31. The predicted molar refractivity (Wildman–Crippen MR) is 107 cm³/mol. The summed E-state index contributed by atoms with van der Waals surface area (Å²) in [5.41, 5.74) is 0.981. The molecule has 2 rings (SSSR count). The van der Waals surface area contributed by atoms with Crippen LogP contribution in [0, 0.1) is 16.0 Å². The van der Waals surface area contributed by atoms with E-state index in [4.69, 9.17) is 9.47 Å². The number of hydrogen-bond acceptors (Lipinski definition) is 6. The smallest absolute Gasteiger partial charge is 0.329 e. The molecule has 8 nitrogen and oxygen atoms in total. The lowest BCUT2D eigenvalue weighted by Gasteiger charge is -2.21. The highest BCUT2D eigenvalue weighted by molar-refractivity contribution is 5.96. The van der Waals surface area contributed by atoms with Gasteiger partial charge < -0.3 is 14.8 Å². The van der Waals surface area contributed by atoms with Gasteiger partial charge in [-0.2, -0.15) is 0 Å². The zero-order chi connectivity index (χ0) is 21.4. The first-order chi connectivity index (χ1) is 13.8. The van der Waals surface area contributed by atoms with Crippen LogP contribution in [0.15, 0.2) is 48.5 Å². The monoisotopic (exact) mass is 400 g/mol. The fraction of sp³-hybridized carbons (Fsp3) is 0.333. The fourth-order valence-electron chi connectivity index (χ4n) is 2.55. The van der Waals surface area contributed by atoms with Gasteiger partial charge in [0.15, 0.2) is 0 Å². The first kappa shape index (κ1) is 21.9. The van der Waals surface area contributed by atoms with Gasteiger partial charge in [0.2, 0.25) is 0 Å². The molecule has 0 spiro atoms. The van der Waals surface area contributed by atoms with Crippen molar-refractivity contribution in [2.24, 2.45) is 5.92 Å². The summed E-state index contributed by atoms with van der Waals surface area (Å²) in [6.45, 7) is 5.96. The Labute approximate surface area is 169 Å². The van der Waals surface area contributed by atoms with Crippen molar-refractivity contribution in [1.82, 2.24) is 5.32 Å². The van der Waals surface area contributed by atoms with E-state index in [1.54, 1.807) is 38.1 Å². The molecule has 0 aliphatic heterocycles. The number of amides is 1.